The number of hydrogen-bond donors (Lipinski definition) is 4. The maximum atomic E-state index is 11.2. The molecule has 1 atom stereocenters. The number of carbonyl (C=O) groups is 2. The summed E-state index contributed by atoms with van der Waals surface area (Å²) >= 11 is 1.15. The molecule has 0 bridgehead atoms. The highest BCUT2D eigenvalue weighted by molar-refractivity contribution is 7.99. The fourth-order valence-corrected chi connectivity index (χ4v) is 1.55. The number of aliphatic hydroxyl groups excluding tert-OH is 2. The van der Waals surface area contributed by atoms with Gasteiger partial charge in [0.15, 0.2) is 0 Å². The second-order valence-electron chi connectivity index (χ2n) is 3.53. The largest absolute Gasteiger partial charge is 0.394 e. The highest BCUT2D eigenvalue weighted by Crippen LogP contribution is 2.01. The maximum Gasteiger partial charge on any atom is 0.321 e. The van der Waals surface area contributed by atoms with Gasteiger partial charge in [0.1, 0.15) is 0 Å². The van der Waals surface area contributed by atoms with E-state index in [4.69, 9.17) is 10.2 Å². The molecule has 3 amide bonds. The number of thioether (sulfide) groups is 1. The SMILES string of the molecule is CC(C)NC(=O)NC(=O)CSCC(O)CO. The first kappa shape index (κ1) is 15.2. The Kier molecular flexibility index (Phi) is 7.96. The number of imide groups is 1. The van der Waals surface area contributed by atoms with Gasteiger partial charge in [0.25, 0.3) is 0 Å². The minimum Gasteiger partial charge on any atom is -0.394 e. The monoisotopic (exact) mass is 250 g/mol. The molecule has 0 aliphatic carbocycles. The highest BCUT2D eigenvalue weighted by Gasteiger charge is 2.09. The Bertz CT molecular complexity index is 236. The van der Waals surface area contributed by atoms with Gasteiger partial charge in [-0.1, -0.05) is 0 Å². The minimum absolute atomic E-state index is 0.0309. The van der Waals surface area contributed by atoms with Crippen molar-refractivity contribution < 1.29 is 19.8 Å². The van der Waals surface area contributed by atoms with Gasteiger partial charge in [-0.05, 0) is 13.8 Å². The van der Waals surface area contributed by atoms with Crippen LogP contribution in [0.2, 0.25) is 0 Å². The number of amides is 3. The third-order valence-corrected chi connectivity index (χ3v) is 2.51. The van der Waals surface area contributed by atoms with Gasteiger partial charge in [0, 0.05) is 11.8 Å². The molecule has 0 aromatic rings. The normalized spacial score (nSPS) is 12.3. The van der Waals surface area contributed by atoms with E-state index in [9.17, 15) is 9.59 Å². The Balaban J connectivity index is 3.62. The van der Waals surface area contributed by atoms with E-state index < -0.39 is 18.0 Å². The Morgan fingerprint density at radius 3 is 2.50 bits per heavy atom. The predicted molar refractivity (Wildman–Crippen MR) is 62.2 cm³/mol. The molecule has 0 saturated heterocycles. The van der Waals surface area contributed by atoms with Crippen molar-refractivity contribution >= 4 is 23.7 Å². The van der Waals surface area contributed by atoms with E-state index >= 15 is 0 Å². The van der Waals surface area contributed by atoms with Crippen LogP contribution in [0, 0.1) is 0 Å². The van der Waals surface area contributed by atoms with Crippen molar-refractivity contribution in [2.24, 2.45) is 0 Å². The lowest BCUT2D eigenvalue weighted by Crippen LogP contribution is -2.43. The zero-order chi connectivity index (χ0) is 12.6. The Labute approximate surface area is 98.8 Å². The summed E-state index contributed by atoms with van der Waals surface area (Å²) in [6, 6.07) is -0.556. The topological polar surface area (TPSA) is 98.7 Å². The highest BCUT2D eigenvalue weighted by atomic mass is 32.2. The molecule has 0 rings (SSSR count). The van der Waals surface area contributed by atoms with Crippen LogP contribution >= 0.6 is 11.8 Å². The molecule has 0 aromatic heterocycles. The summed E-state index contributed by atoms with van der Waals surface area (Å²) in [5.74, 6) is -0.0912. The fourth-order valence-electron chi connectivity index (χ4n) is 0.801. The lowest BCUT2D eigenvalue weighted by atomic mass is 10.4. The molecule has 0 heterocycles. The number of hydrogen-bond acceptors (Lipinski definition) is 5. The molecule has 94 valence electrons. The number of carbonyl (C=O) groups excluding carboxylic acids is 2. The predicted octanol–water partition coefficient (Wildman–Crippen LogP) is -0.693. The first-order chi connectivity index (χ1) is 7.45. The summed E-state index contributed by atoms with van der Waals surface area (Å²) < 4.78 is 0. The van der Waals surface area contributed by atoms with E-state index in [2.05, 4.69) is 10.6 Å². The molecule has 4 N–H and O–H groups in total. The second-order valence-corrected chi connectivity index (χ2v) is 4.56. The first-order valence-corrected chi connectivity index (χ1v) is 6.08. The minimum atomic E-state index is -0.831. The van der Waals surface area contributed by atoms with Crippen molar-refractivity contribution in [2.45, 2.75) is 26.0 Å². The average Bonchev–Trinajstić information content (AvgIpc) is 2.15. The van der Waals surface area contributed by atoms with Crippen molar-refractivity contribution in [3.05, 3.63) is 0 Å². The summed E-state index contributed by atoms with van der Waals surface area (Å²) in [5.41, 5.74) is 0. The van der Waals surface area contributed by atoms with E-state index in [0.717, 1.165) is 11.8 Å². The molecule has 0 spiro atoms. The van der Waals surface area contributed by atoms with Crippen LogP contribution in [-0.2, 0) is 4.79 Å². The molecule has 0 radical (unpaired) electrons. The lowest BCUT2D eigenvalue weighted by Gasteiger charge is -2.09. The van der Waals surface area contributed by atoms with Gasteiger partial charge in [0.05, 0.1) is 18.5 Å². The molecular weight excluding hydrogens is 232 g/mol. The summed E-state index contributed by atoms with van der Waals surface area (Å²) in [6.07, 6.45) is -0.831. The van der Waals surface area contributed by atoms with E-state index in [1.165, 1.54) is 0 Å². The van der Waals surface area contributed by atoms with E-state index in [1.54, 1.807) is 13.8 Å². The van der Waals surface area contributed by atoms with Crippen LogP contribution in [0.15, 0.2) is 0 Å². The number of nitrogens with one attached hydrogen (secondary N) is 2. The summed E-state index contributed by atoms with van der Waals surface area (Å²) in [7, 11) is 0. The maximum absolute atomic E-state index is 11.2. The van der Waals surface area contributed by atoms with Crippen LogP contribution in [0.4, 0.5) is 4.79 Å². The zero-order valence-corrected chi connectivity index (χ0v) is 10.2. The van der Waals surface area contributed by atoms with Crippen molar-refractivity contribution in [1.29, 1.82) is 0 Å². The Hall–Kier alpha value is -0.790. The first-order valence-electron chi connectivity index (χ1n) is 4.92. The molecule has 0 aliphatic rings. The lowest BCUT2D eigenvalue weighted by molar-refractivity contribution is -0.117. The summed E-state index contributed by atoms with van der Waals surface area (Å²) in [6.45, 7) is 3.25. The van der Waals surface area contributed by atoms with Crippen molar-refractivity contribution in [2.75, 3.05) is 18.1 Å². The molecule has 7 heteroatoms. The number of rotatable bonds is 6. The van der Waals surface area contributed by atoms with Crippen molar-refractivity contribution in [3.8, 4) is 0 Å². The molecule has 0 aromatic carbocycles. The Morgan fingerprint density at radius 2 is 2.00 bits per heavy atom. The van der Waals surface area contributed by atoms with Gasteiger partial charge in [-0.15, -0.1) is 11.8 Å². The standard InChI is InChI=1S/C9H18N2O4S/c1-6(2)10-9(15)11-8(14)5-16-4-7(13)3-12/h6-7,12-13H,3-5H2,1-2H3,(H2,10,11,14,15). The molecule has 6 nitrogen and oxygen atoms in total. The number of aliphatic hydroxyl groups is 2. The van der Waals surface area contributed by atoms with Crippen LogP contribution in [0.1, 0.15) is 13.8 Å². The van der Waals surface area contributed by atoms with Gasteiger partial charge >= 0.3 is 6.03 Å². The molecular formula is C9H18N2O4S. The number of urea groups is 1. The molecule has 0 fully saturated rings. The molecule has 0 saturated carbocycles. The quantitative estimate of drug-likeness (QED) is 0.500. The van der Waals surface area contributed by atoms with Crippen LogP contribution in [0.25, 0.3) is 0 Å². The molecule has 16 heavy (non-hydrogen) atoms. The van der Waals surface area contributed by atoms with Crippen molar-refractivity contribution in [1.82, 2.24) is 10.6 Å². The smallest absolute Gasteiger partial charge is 0.321 e. The van der Waals surface area contributed by atoms with E-state index in [0.29, 0.717) is 0 Å². The summed E-state index contributed by atoms with van der Waals surface area (Å²) in [4.78, 5) is 22.2. The van der Waals surface area contributed by atoms with Crippen molar-refractivity contribution in [3.63, 3.8) is 0 Å². The van der Waals surface area contributed by atoms with Gasteiger partial charge in [0.2, 0.25) is 5.91 Å². The van der Waals surface area contributed by atoms with Crippen LogP contribution in [0.5, 0.6) is 0 Å². The van der Waals surface area contributed by atoms with Crippen LogP contribution in [0.3, 0.4) is 0 Å². The van der Waals surface area contributed by atoms with Gasteiger partial charge < -0.3 is 15.5 Å². The molecule has 0 aliphatic heterocycles. The third kappa shape index (κ3) is 8.51. The van der Waals surface area contributed by atoms with Gasteiger partial charge in [-0.3, -0.25) is 10.1 Å². The van der Waals surface area contributed by atoms with E-state index in [-0.39, 0.29) is 24.2 Å². The van der Waals surface area contributed by atoms with Crippen LogP contribution < -0.4 is 10.6 Å². The second kappa shape index (κ2) is 8.37. The zero-order valence-electron chi connectivity index (χ0n) is 9.40. The van der Waals surface area contributed by atoms with Crippen LogP contribution in [-0.4, -0.2) is 52.4 Å². The Morgan fingerprint density at radius 1 is 1.38 bits per heavy atom. The molecule has 1 unspecified atom stereocenters. The third-order valence-electron chi connectivity index (χ3n) is 1.43. The summed E-state index contributed by atoms with van der Waals surface area (Å²) in [5, 5.41) is 22.2. The fraction of sp³-hybridized carbons (Fsp3) is 0.778. The average molecular weight is 250 g/mol. The van der Waals surface area contributed by atoms with Gasteiger partial charge in [-0.2, -0.15) is 0 Å². The van der Waals surface area contributed by atoms with Gasteiger partial charge in [-0.25, -0.2) is 4.79 Å². The van der Waals surface area contributed by atoms with E-state index in [1.807, 2.05) is 0 Å².